The van der Waals surface area contributed by atoms with E-state index in [4.69, 9.17) is 22.1 Å². The van der Waals surface area contributed by atoms with Gasteiger partial charge in [-0.2, -0.15) is 5.10 Å². The summed E-state index contributed by atoms with van der Waals surface area (Å²) in [6.07, 6.45) is 6.83. The van der Waals surface area contributed by atoms with Gasteiger partial charge in [0.25, 0.3) is 5.91 Å². The van der Waals surface area contributed by atoms with E-state index in [-0.39, 0.29) is 18.0 Å². The van der Waals surface area contributed by atoms with Crippen molar-refractivity contribution in [1.29, 1.82) is 0 Å². The third-order valence-corrected chi connectivity index (χ3v) is 6.52. The molecule has 0 unspecified atom stereocenters. The fourth-order valence-corrected chi connectivity index (χ4v) is 4.66. The number of carbonyl (C=O) groups excluding carboxylic acids is 1. The van der Waals surface area contributed by atoms with E-state index >= 15 is 0 Å². The first-order chi connectivity index (χ1) is 16.5. The molecule has 0 atom stereocenters. The van der Waals surface area contributed by atoms with Crippen LogP contribution < -0.4 is 10.5 Å². The zero-order valence-electron chi connectivity index (χ0n) is 18.9. The van der Waals surface area contributed by atoms with Crippen molar-refractivity contribution >= 4 is 28.4 Å². The number of aromatic amines is 1. The van der Waals surface area contributed by atoms with Gasteiger partial charge in [0.05, 0.1) is 18.3 Å². The van der Waals surface area contributed by atoms with Crippen LogP contribution in [0.2, 0.25) is 5.02 Å². The maximum Gasteiger partial charge on any atom is 0.254 e. The second kappa shape index (κ2) is 9.44. The van der Waals surface area contributed by atoms with E-state index in [2.05, 4.69) is 15.2 Å². The van der Waals surface area contributed by atoms with Crippen molar-refractivity contribution in [3.05, 3.63) is 77.2 Å². The monoisotopic (exact) mass is 475 g/mol. The molecule has 5 rings (SSSR count). The van der Waals surface area contributed by atoms with Crippen LogP contribution in [0.15, 0.2) is 61.1 Å². The van der Waals surface area contributed by atoms with Gasteiger partial charge < -0.3 is 15.4 Å². The molecule has 1 aliphatic carbocycles. The molecular formula is C26H26ClN5O2. The predicted octanol–water partition coefficient (Wildman–Crippen LogP) is 4.81. The standard InChI is InChI=1S/C26H26ClN5O2/c1-2-34-24-9-17(6-7-23(24)16-4-3-5-20(27)8-16)26(33)32(22-10-21(28)11-22)15-19-13-29-12-18-14-30-31-25(18)19/h3-9,12-14,21-22H,2,10-11,15,28H2,1H3,(H,30,31). The second-order valence-electron chi connectivity index (χ2n) is 8.61. The summed E-state index contributed by atoms with van der Waals surface area (Å²) in [5.74, 6) is 0.588. The van der Waals surface area contributed by atoms with Gasteiger partial charge in [-0.1, -0.05) is 23.7 Å². The molecule has 0 spiro atoms. The zero-order valence-corrected chi connectivity index (χ0v) is 19.6. The van der Waals surface area contributed by atoms with Crippen molar-refractivity contribution in [2.24, 2.45) is 5.73 Å². The van der Waals surface area contributed by atoms with Gasteiger partial charge in [-0.05, 0) is 55.7 Å². The molecule has 1 saturated carbocycles. The van der Waals surface area contributed by atoms with Crippen molar-refractivity contribution in [2.45, 2.75) is 38.4 Å². The van der Waals surface area contributed by atoms with Crippen molar-refractivity contribution in [3.8, 4) is 16.9 Å². The normalized spacial score (nSPS) is 17.4. The van der Waals surface area contributed by atoms with E-state index in [0.717, 1.165) is 40.4 Å². The number of carbonyl (C=O) groups is 1. The summed E-state index contributed by atoms with van der Waals surface area (Å²) in [7, 11) is 0. The van der Waals surface area contributed by atoms with Crippen molar-refractivity contribution in [1.82, 2.24) is 20.1 Å². The number of fused-ring (bicyclic) bond motifs is 1. The molecule has 8 heteroatoms. The number of hydrogen-bond acceptors (Lipinski definition) is 5. The molecule has 0 aliphatic heterocycles. The number of hydrogen-bond donors (Lipinski definition) is 2. The summed E-state index contributed by atoms with van der Waals surface area (Å²) >= 11 is 6.20. The highest BCUT2D eigenvalue weighted by Gasteiger charge is 2.35. The Morgan fingerprint density at radius 1 is 1.21 bits per heavy atom. The molecule has 0 saturated heterocycles. The number of halogens is 1. The molecule has 174 valence electrons. The van der Waals surface area contributed by atoms with Gasteiger partial charge in [0, 0.05) is 58.1 Å². The second-order valence-corrected chi connectivity index (χ2v) is 9.04. The first kappa shape index (κ1) is 22.4. The lowest BCUT2D eigenvalue weighted by atomic mass is 9.85. The SMILES string of the molecule is CCOc1cc(C(=O)N(Cc2cncc3cn[nH]c23)C2CC(N)C2)ccc1-c1cccc(Cl)c1. The smallest absolute Gasteiger partial charge is 0.254 e. The number of aromatic nitrogens is 3. The first-order valence-electron chi connectivity index (χ1n) is 11.4. The van der Waals surface area contributed by atoms with Gasteiger partial charge in [-0.15, -0.1) is 0 Å². The van der Waals surface area contributed by atoms with E-state index in [9.17, 15) is 4.79 Å². The summed E-state index contributed by atoms with van der Waals surface area (Å²) in [6.45, 7) is 2.83. The minimum atomic E-state index is -0.0629. The molecule has 3 N–H and O–H groups in total. The average molecular weight is 476 g/mol. The lowest BCUT2D eigenvalue weighted by Gasteiger charge is -2.41. The number of amides is 1. The largest absolute Gasteiger partial charge is 0.493 e. The maximum absolute atomic E-state index is 13.8. The van der Waals surface area contributed by atoms with Gasteiger partial charge in [-0.3, -0.25) is 14.9 Å². The molecular weight excluding hydrogens is 450 g/mol. The third kappa shape index (κ3) is 4.36. The van der Waals surface area contributed by atoms with Crippen LogP contribution in [0.25, 0.3) is 22.0 Å². The molecule has 34 heavy (non-hydrogen) atoms. The van der Waals surface area contributed by atoms with Crippen LogP contribution in [0, 0.1) is 0 Å². The number of pyridine rings is 1. The van der Waals surface area contributed by atoms with Crippen LogP contribution in [0.1, 0.15) is 35.7 Å². The first-order valence-corrected chi connectivity index (χ1v) is 11.8. The zero-order chi connectivity index (χ0) is 23.7. The topological polar surface area (TPSA) is 97.1 Å². The predicted molar refractivity (Wildman–Crippen MR) is 133 cm³/mol. The summed E-state index contributed by atoms with van der Waals surface area (Å²) in [6, 6.07) is 13.4. The van der Waals surface area contributed by atoms with Crippen molar-refractivity contribution in [3.63, 3.8) is 0 Å². The van der Waals surface area contributed by atoms with Gasteiger partial charge >= 0.3 is 0 Å². The van der Waals surface area contributed by atoms with Crippen LogP contribution >= 0.6 is 11.6 Å². The highest BCUT2D eigenvalue weighted by Crippen LogP contribution is 2.34. The van der Waals surface area contributed by atoms with E-state index in [1.807, 2.05) is 54.3 Å². The van der Waals surface area contributed by atoms with Crippen LogP contribution in [0.4, 0.5) is 0 Å². The molecule has 2 heterocycles. The van der Waals surface area contributed by atoms with Crippen LogP contribution in [-0.4, -0.2) is 44.7 Å². The van der Waals surface area contributed by atoms with E-state index in [1.165, 1.54) is 0 Å². The quantitative estimate of drug-likeness (QED) is 0.400. The Hall–Kier alpha value is -3.42. The summed E-state index contributed by atoms with van der Waals surface area (Å²) in [5.41, 5.74) is 10.3. The fraction of sp³-hybridized carbons (Fsp3) is 0.269. The molecule has 2 aromatic heterocycles. The number of H-pyrrole nitrogens is 1. The summed E-state index contributed by atoms with van der Waals surface area (Å²) in [4.78, 5) is 20.0. The molecule has 4 aromatic rings. The minimum Gasteiger partial charge on any atom is -0.493 e. The Labute approximate surface area is 202 Å². The molecule has 0 radical (unpaired) electrons. The summed E-state index contributed by atoms with van der Waals surface area (Å²) < 4.78 is 5.93. The lowest BCUT2D eigenvalue weighted by Crippen LogP contribution is -2.52. The van der Waals surface area contributed by atoms with E-state index in [0.29, 0.717) is 29.5 Å². The lowest BCUT2D eigenvalue weighted by molar-refractivity contribution is 0.0524. The van der Waals surface area contributed by atoms with Crippen molar-refractivity contribution < 1.29 is 9.53 Å². The van der Waals surface area contributed by atoms with Gasteiger partial charge in [-0.25, -0.2) is 0 Å². The molecule has 1 amide bonds. The number of nitrogens with one attached hydrogen (secondary N) is 1. The number of nitrogens with two attached hydrogens (primary N) is 1. The Bertz CT molecular complexity index is 1330. The van der Waals surface area contributed by atoms with Crippen LogP contribution in [0.3, 0.4) is 0 Å². The molecule has 1 fully saturated rings. The highest BCUT2D eigenvalue weighted by molar-refractivity contribution is 6.30. The van der Waals surface area contributed by atoms with Gasteiger partial charge in [0.2, 0.25) is 0 Å². The maximum atomic E-state index is 13.8. The van der Waals surface area contributed by atoms with Crippen LogP contribution in [0.5, 0.6) is 5.75 Å². The number of ether oxygens (including phenoxy) is 1. The summed E-state index contributed by atoms with van der Waals surface area (Å²) in [5, 5.41) is 8.72. The third-order valence-electron chi connectivity index (χ3n) is 6.29. The average Bonchev–Trinajstić information content (AvgIpc) is 3.30. The van der Waals surface area contributed by atoms with Gasteiger partial charge in [0.15, 0.2) is 0 Å². The molecule has 2 aromatic carbocycles. The minimum absolute atomic E-state index is 0.0629. The Morgan fingerprint density at radius 3 is 2.82 bits per heavy atom. The number of benzene rings is 2. The Morgan fingerprint density at radius 2 is 2.06 bits per heavy atom. The van der Waals surface area contributed by atoms with E-state index in [1.54, 1.807) is 18.6 Å². The van der Waals surface area contributed by atoms with E-state index < -0.39 is 0 Å². The Balaban J connectivity index is 1.49. The molecule has 1 aliphatic rings. The molecule has 7 nitrogen and oxygen atoms in total. The number of nitrogens with zero attached hydrogens (tertiary/aromatic N) is 3. The van der Waals surface area contributed by atoms with Gasteiger partial charge in [0.1, 0.15) is 5.75 Å². The Kier molecular flexibility index (Phi) is 6.22. The fourth-order valence-electron chi connectivity index (χ4n) is 4.47. The highest BCUT2D eigenvalue weighted by atomic mass is 35.5. The number of rotatable bonds is 7. The van der Waals surface area contributed by atoms with Crippen LogP contribution in [-0.2, 0) is 6.54 Å². The molecule has 0 bridgehead atoms. The van der Waals surface area contributed by atoms with Crippen molar-refractivity contribution in [2.75, 3.05) is 6.61 Å².